The zero-order valence-corrected chi connectivity index (χ0v) is 19.0. The first-order valence-corrected chi connectivity index (χ1v) is 12.1. The summed E-state index contributed by atoms with van der Waals surface area (Å²) >= 11 is 10.1. The Morgan fingerprint density at radius 1 is 1.16 bits per heavy atom. The van der Waals surface area contributed by atoms with Crippen LogP contribution in [0.25, 0.3) is 0 Å². The quantitative estimate of drug-likeness (QED) is 0.116. The third-order valence-corrected chi connectivity index (χ3v) is 5.84. The average molecular weight is 443 g/mol. The molecule has 0 aliphatic rings. The van der Waals surface area contributed by atoms with E-state index < -0.39 is 0 Å². The van der Waals surface area contributed by atoms with Gasteiger partial charge in [0.2, 0.25) is 0 Å². The average Bonchev–Trinajstić information content (AvgIpc) is 2.61. The summed E-state index contributed by atoms with van der Waals surface area (Å²) in [5, 5.41) is 4.65. The topological polar surface area (TPSA) is 15.3 Å². The van der Waals surface area contributed by atoms with E-state index in [1.165, 1.54) is 35.5 Å². The predicted octanol–water partition coefficient (Wildman–Crippen LogP) is 6.26. The number of benzene rings is 1. The molecule has 0 bridgehead atoms. The summed E-state index contributed by atoms with van der Waals surface area (Å²) in [7, 11) is 5.56. The summed E-state index contributed by atoms with van der Waals surface area (Å²) in [5.74, 6) is 0. The molecule has 2 radical (unpaired) electrons. The summed E-state index contributed by atoms with van der Waals surface area (Å²) in [6.07, 6.45) is 9.93. The van der Waals surface area contributed by atoms with Crippen molar-refractivity contribution in [3.8, 4) is 0 Å². The summed E-state index contributed by atoms with van der Waals surface area (Å²) < 4.78 is 0. The molecule has 2 nitrogen and oxygen atoms in total. The molecule has 0 saturated heterocycles. The van der Waals surface area contributed by atoms with Crippen molar-refractivity contribution in [3.05, 3.63) is 12.1 Å². The van der Waals surface area contributed by atoms with Crippen LogP contribution in [0.5, 0.6) is 0 Å². The molecule has 1 N–H and O–H groups in total. The number of halogens is 1. The Balaban J connectivity index is 2.82. The van der Waals surface area contributed by atoms with Gasteiger partial charge in [0.25, 0.3) is 0 Å². The van der Waals surface area contributed by atoms with Crippen LogP contribution in [-0.4, -0.2) is 39.1 Å². The summed E-state index contributed by atoms with van der Waals surface area (Å²) in [4.78, 5) is 4.85. The van der Waals surface area contributed by atoms with Crippen molar-refractivity contribution in [1.29, 1.82) is 0 Å². The van der Waals surface area contributed by atoms with Crippen molar-refractivity contribution in [2.24, 2.45) is 0 Å². The minimum atomic E-state index is 0.786. The van der Waals surface area contributed by atoms with Gasteiger partial charge in [0.15, 0.2) is 0 Å². The molecule has 0 spiro atoms. The number of rotatable bonds is 14. The van der Waals surface area contributed by atoms with Gasteiger partial charge >= 0.3 is 0 Å². The van der Waals surface area contributed by atoms with Gasteiger partial charge in [-0.15, -0.1) is 24.4 Å². The number of unbranched alkanes of at least 4 members (excludes halogenated alkanes) is 3. The number of hydrogen-bond acceptors (Lipinski definition) is 4. The lowest BCUT2D eigenvalue weighted by atomic mass is 9.99. The van der Waals surface area contributed by atoms with Crippen molar-refractivity contribution in [2.45, 2.75) is 61.6 Å². The SMILES string of the molecule is [B]CCCCCNc1cc(S)c(N(CCC)CCCCBr)cc1SC. The zero-order chi connectivity index (χ0) is 18.5. The molecule has 140 valence electrons. The monoisotopic (exact) mass is 442 g/mol. The fourth-order valence-electron chi connectivity index (χ4n) is 2.81. The first-order chi connectivity index (χ1) is 12.2. The van der Waals surface area contributed by atoms with Crippen molar-refractivity contribution in [2.75, 3.05) is 41.4 Å². The summed E-state index contributed by atoms with van der Waals surface area (Å²) in [5.41, 5.74) is 2.46. The minimum absolute atomic E-state index is 0.786. The number of nitrogens with one attached hydrogen (secondary N) is 1. The number of nitrogens with zero attached hydrogens (tertiary/aromatic N) is 1. The molecule has 1 aromatic rings. The van der Waals surface area contributed by atoms with E-state index in [0.717, 1.165) is 55.4 Å². The van der Waals surface area contributed by atoms with Crippen LogP contribution in [0.4, 0.5) is 11.4 Å². The Labute approximate surface area is 174 Å². The largest absolute Gasteiger partial charge is 0.384 e. The van der Waals surface area contributed by atoms with E-state index in [2.05, 4.69) is 51.5 Å². The highest BCUT2D eigenvalue weighted by Crippen LogP contribution is 2.36. The molecule has 0 heterocycles. The molecule has 0 atom stereocenters. The van der Waals surface area contributed by atoms with Gasteiger partial charge in [0, 0.05) is 40.4 Å². The highest BCUT2D eigenvalue weighted by molar-refractivity contribution is 9.09. The van der Waals surface area contributed by atoms with E-state index in [9.17, 15) is 0 Å². The second-order valence-electron chi connectivity index (χ2n) is 6.20. The van der Waals surface area contributed by atoms with Crippen LogP contribution in [0, 0.1) is 0 Å². The summed E-state index contributed by atoms with van der Waals surface area (Å²) in [6, 6.07) is 4.50. The first-order valence-electron chi connectivity index (χ1n) is 9.33. The van der Waals surface area contributed by atoms with Gasteiger partial charge in [-0.3, -0.25) is 0 Å². The molecule has 0 unspecified atom stereocenters. The van der Waals surface area contributed by atoms with E-state index in [1.807, 2.05) is 0 Å². The molecule has 25 heavy (non-hydrogen) atoms. The van der Waals surface area contributed by atoms with E-state index in [1.54, 1.807) is 11.8 Å². The lowest BCUT2D eigenvalue weighted by Crippen LogP contribution is -2.26. The molecule has 0 aromatic heterocycles. The molecule has 0 aliphatic carbocycles. The van der Waals surface area contributed by atoms with Crippen LogP contribution >= 0.6 is 40.3 Å². The zero-order valence-electron chi connectivity index (χ0n) is 15.7. The molecule has 0 saturated carbocycles. The standard InChI is InChI=1S/C19H32BBrN2S2/c1-3-12-23(13-8-6-10-21)17-15-19(25-2)16(14-18(17)24)22-11-7-4-5-9-20/h14-15,22,24H,3-13H2,1-2H3. The van der Waals surface area contributed by atoms with E-state index >= 15 is 0 Å². The normalized spacial score (nSPS) is 10.9. The van der Waals surface area contributed by atoms with E-state index in [0.29, 0.717) is 0 Å². The van der Waals surface area contributed by atoms with Gasteiger partial charge in [-0.1, -0.05) is 42.0 Å². The molecule has 1 rings (SSSR count). The van der Waals surface area contributed by atoms with Crippen molar-refractivity contribution in [1.82, 2.24) is 0 Å². The molecule has 1 aromatic carbocycles. The number of thioether (sulfide) groups is 1. The number of hydrogen-bond donors (Lipinski definition) is 2. The molecular formula is C19H32BBrN2S2. The smallest absolute Gasteiger partial charge is 0.0653 e. The second kappa shape index (κ2) is 14.2. The van der Waals surface area contributed by atoms with Crippen LogP contribution in [-0.2, 0) is 0 Å². The Morgan fingerprint density at radius 3 is 2.60 bits per heavy atom. The van der Waals surface area contributed by atoms with Gasteiger partial charge in [-0.2, -0.15) is 0 Å². The predicted molar refractivity (Wildman–Crippen MR) is 124 cm³/mol. The Hall–Kier alpha value is 0.0649. The molecule has 6 heteroatoms. The van der Waals surface area contributed by atoms with Gasteiger partial charge in [0.05, 0.1) is 13.5 Å². The fourth-order valence-corrected chi connectivity index (χ4v) is 4.12. The van der Waals surface area contributed by atoms with Gasteiger partial charge in [-0.25, -0.2) is 0 Å². The maximum absolute atomic E-state index is 5.56. The number of alkyl halides is 1. The Bertz CT molecular complexity index is 489. The second-order valence-corrected chi connectivity index (χ2v) is 8.32. The maximum Gasteiger partial charge on any atom is 0.0653 e. The van der Waals surface area contributed by atoms with Crippen LogP contribution in [0.15, 0.2) is 21.9 Å². The summed E-state index contributed by atoms with van der Waals surface area (Å²) in [6.45, 7) is 5.40. The third-order valence-electron chi connectivity index (χ3n) is 4.14. The molecule has 0 fully saturated rings. The Morgan fingerprint density at radius 2 is 1.96 bits per heavy atom. The third kappa shape index (κ3) is 8.53. The maximum atomic E-state index is 5.56. The van der Waals surface area contributed by atoms with Crippen molar-refractivity contribution in [3.63, 3.8) is 0 Å². The van der Waals surface area contributed by atoms with Gasteiger partial charge < -0.3 is 10.2 Å². The molecule has 0 aliphatic heterocycles. The fraction of sp³-hybridized carbons (Fsp3) is 0.684. The van der Waals surface area contributed by atoms with Gasteiger partial charge in [0.1, 0.15) is 0 Å². The first kappa shape index (κ1) is 23.1. The van der Waals surface area contributed by atoms with Gasteiger partial charge in [-0.05, 0) is 44.1 Å². The van der Waals surface area contributed by atoms with Crippen molar-refractivity contribution >= 4 is 59.5 Å². The molecular weight excluding hydrogens is 411 g/mol. The minimum Gasteiger partial charge on any atom is -0.384 e. The van der Waals surface area contributed by atoms with Crippen molar-refractivity contribution < 1.29 is 0 Å². The number of anilines is 2. The van der Waals surface area contributed by atoms with E-state index in [4.69, 9.17) is 20.5 Å². The highest BCUT2D eigenvalue weighted by atomic mass is 79.9. The van der Waals surface area contributed by atoms with Crippen LogP contribution in [0.1, 0.15) is 45.4 Å². The number of thiol groups is 1. The lowest BCUT2D eigenvalue weighted by Gasteiger charge is -2.27. The van der Waals surface area contributed by atoms with E-state index in [-0.39, 0.29) is 0 Å². The Kier molecular flexibility index (Phi) is 13.1. The van der Waals surface area contributed by atoms with Crippen LogP contribution in [0.3, 0.4) is 0 Å². The lowest BCUT2D eigenvalue weighted by molar-refractivity contribution is 0.703. The van der Waals surface area contributed by atoms with Crippen LogP contribution in [0.2, 0.25) is 6.32 Å². The highest BCUT2D eigenvalue weighted by Gasteiger charge is 2.13. The van der Waals surface area contributed by atoms with Crippen LogP contribution < -0.4 is 10.2 Å². The molecule has 0 amide bonds.